The number of benzene rings is 1. The van der Waals surface area contributed by atoms with Crippen molar-refractivity contribution in [3.8, 4) is 0 Å². The van der Waals surface area contributed by atoms with Crippen LogP contribution in [0.15, 0.2) is 18.2 Å². The molecule has 4 nitrogen and oxygen atoms in total. The largest absolute Gasteiger partial charge is 0.326 e. The van der Waals surface area contributed by atoms with Gasteiger partial charge in [-0.05, 0) is 36.6 Å². The average Bonchev–Trinajstić information content (AvgIpc) is 2.37. The summed E-state index contributed by atoms with van der Waals surface area (Å²) in [4.78, 5) is 25.0. The Kier molecular flexibility index (Phi) is 3.88. The molecule has 0 atom stereocenters. The van der Waals surface area contributed by atoms with Crippen LogP contribution in [0.5, 0.6) is 0 Å². The van der Waals surface area contributed by atoms with Gasteiger partial charge in [-0.15, -0.1) is 0 Å². The topological polar surface area (TPSA) is 49.4 Å². The lowest BCUT2D eigenvalue weighted by Gasteiger charge is -2.29. The third-order valence-electron chi connectivity index (χ3n) is 3.37. The minimum absolute atomic E-state index is 0.0131. The maximum absolute atomic E-state index is 11.7. The average molecular weight is 260 g/mol. The second-order valence-corrected chi connectivity index (χ2v) is 5.26. The van der Waals surface area contributed by atoms with Crippen LogP contribution in [0.3, 0.4) is 0 Å². The van der Waals surface area contributed by atoms with Gasteiger partial charge in [0.2, 0.25) is 11.8 Å². The Morgan fingerprint density at radius 1 is 1.32 bits per heavy atom. The molecule has 2 amide bonds. The number of aryl methyl sites for hydroxylation is 1. The molecule has 0 bridgehead atoms. The second-order valence-electron chi connectivity index (χ2n) is 5.26. The minimum Gasteiger partial charge on any atom is -0.326 e. The summed E-state index contributed by atoms with van der Waals surface area (Å²) in [5, 5.41) is 2.89. The molecule has 0 spiro atoms. The quantitative estimate of drug-likeness (QED) is 0.888. The summed E-state index contributed by atoms with van der Waals surface area (Å²) in [5.41, 5.74) is 2.91. The first kappa shape index (κ1) is 13.6. The van der Waals surface area contributed by atoms with E-state index in [1.54, 1.807) is 11.8 Å². The molecular formula is C15H20N2O2. The van der Waals surface area contributed by atoms with E-state index in [1.165, 1.54) is 0 Å². The van der Waals surface area contributed by atoms with Gasteiger partial charge < -0.3 is 10.2 Å². The maximum Gasteiger partial charge on any atom is 0.226 e. The molecule has 4 heteroatoms. The third-order valence-corrected chi connectivity index (χ3v) is 3.37. The van der Waals surface area contributed by atoms with Crippen molar-refractivity contribution in [2.45, 2.75) is 33.6 Å². The Bertz CT molecular complexity index is 509. The van der Waals surface area contributed by atoms with Crippen LogP contribution in [0.2, 0.25) is 0 Å². The van der Waals surface area contributed by atoms with E-state index in [-0.39, 0.29) is 17.7 Å². The molecule has 1 aromatic carbocycles. The summed E-state index contributed by atoms with van der Waals surface area (Å²) < 4.78 is 0. The van der Waals surface area contributed by atoms with E-state index in [4.69, 9.17) is 0 Å². The molecule has 0 unspecified atom stereocenters. The molecule has 0 radical (unpaired) electrons. The highest BCUT2D eigenvalue weighted by molar-refractivity contribution is 5.95. The van der Waals surface area contributed by atoms with Gasteiger partial charge in [-0.2, -0.15) is 0 Å². The number of rotatable bonds is 2. The van der Waals surface area contributed by atoms with Gasteiger partial charge in [0.25, 0.3) is 0 Å². The molecule has 19 heavy (non-hydrogen) atoms. The Labute approximate surface area is 113 Å². The second kappa shape index (κ2) is 5.43. The molecule has 1 aromatic rings. The van der Waals surface area contributed by atoms with Crippen LogP contribution in [0.1, 0.15) is 32.8 Å². The number of amides is 2. The number of hydrogen-bond donors (Lipinski definition) is 1. The standard InChI is InChI=1S/C15H20N2O2/c1-10(2)15(19)16-13-6-7-14-12(9-13)5-4-8-17(14)11(3)18/h6-7,9-10H,4-5,8H2,1-3H3,(H,16,19). The first-order chi connectivity index (χ1) is 8.99. The summed E-state index contributed by atoms with van der Waals surface area (Å²) >= 11 is 0. The highest BCUT2D eigenvalue weighted by Crippen LogP contribution is 2.29. The van der Waals surface area contributed by atoms with Crippen LogP contribution >= 0.6 is 0 Å². The van der Waals surface area contributed by atoms with Crippen molar-refractivity contribution in [2.24, 2.45) is 5.92 Å². The lowest BCUT2D eigenvalue weighted by molar-refractivity contribution is -0.119. The van der Waals surface area contributed by atoms with Gasteiger partial charge in [0.15, 0.2) is 0 Å². The summed E-state index contributed by atoms with van der Waals surface area (Å²) in [6.07, 6.45) is 1.92. The van der Waals surface area contributed by atoms with Gasteiger partial charge in [-0.1, -0.05) is 13.8 Å². The highest BCUT2D eigenvalue weighted by Gasteiger charge is 2.20. The Morgan fingerprint density at radius 3 is 2.68 bits per heavy atom. The van der Waals surface area contributed by atoms with E-state index in [2.05, 4.69) is 5.32 Å². The molecule has 102 valence electrons. The zero-order valence-electron chi connectivity index (χ0n) is 11.7. The van der Waals surface area contributed by atoms with E-state index < -0.39 is 0 Å². The number of carbonyl (C=O) groups excluding carboxylic acids is 2. The van der Waals surface area contributed by atoms with Crippen LogP contribution in [0, 0.1) is 5.92 Å². The van der Waals surface area contributed by atoms with Crippen molar-refractivity contribution < 1.29 is 9.59 Å². The van der Waals surface area contributed by atoms with E-state index in [1.807, 2.05) is 32.0 Å². The van der Waals surface area contributed by atoms with Gasteiger partial charge in [0.05, 0.1) is 0 Å². The summed E-state index contributed by atoms with van der Waals surface area (Å²) in [6, 6.07) is 5.76. The Morgan fingerprint density at radius 2 is 2.05 bits per heavy atom. The fraction of sp³-hybridized carbons (Fsp3) is 0.467. The van der Waals surface area contributed by atoms with Gasteiger partial charge >= 0.3 is 0 Å². The predicted molar refractivity (Wildman–Crippen MR) is 76.3 cm³/mol. The van der Waals surface area contributed by atoms with Crippen LogP contribution in [-0.2, 0) is 16.0 Å². The van der Waals surface area contributed by atoms with Crippen molar-refractivity contribution >= 4 is 23.2 Å². The number of nitrogens with zero attached hydrogens (tertiary/aromatic N) is 1. The van der Waals surface area contributed by atoms with E-state index in [9.17, 15) is 9.59 Å². The van der Waals surface area contributed by atoms with Crippen molar-refractivity contribution in [3.63, 3.8) is 0 Å². The summed E-state index contributed by atoms with van der Waals surface area (Å²) in [7, 11) is 0. The SMILES string of the molecule is CC(=O)N1CCCc2cc(NC(=O)C(C)C)ccc21. The predicted octanol–water partition coefficient (Wildman–Crippen LogP) is 2.58. The lowest BCUT2D eigenvalue weighted by atomic mass is 10.0. The fourth-order valence-corrected chi connectivity index (χ4v) is 2.29. The van der Waals surface area contributed by atoms with Crippen molar-refractivity contribution in [2.75, 3.05) is 16.8 Å². The normalized spacial score (nSPS) is 14.2. The highest BCUT2D eigenvalue weighted by atomic mass is 16.2. The van der Waals surface area contributed by atoms with Gasteiger partial charge in [0, 0.05) is 30.8 Å². The molecule has 1 N–H and O–H groups in total. The number of carbonyl (C=O) groups is 2. The van der Waals surface area contributed by atoms with Gasteiger partial charge in [-0.3, -0.25) is 9.59 Å². The smallest absolute Gasteiger partial charge is 0.226 e. The molecule has 1 heterocycles. The Balaban J connectivity index is 2.24. The number of hydrogen-bond acceptors (Lipinski definition) is 2. The van der Waals surface area contributed by atoms with E-state index in [0.29, 0.717) is 0 Å². The van der Waals surface area contributed by atoms with E-state index in [0.717, 1.165) is 36.3 Å². The molecule has 1 aliphatic rings. The fourth-order valence-electron chi connectivity index (χ4n) is 2.29. The molecule has 1 aliphatic heterocycles. The van der Waals surface area contributed by atoms with Gasteiger partial charge in [-0.25, -0.2) is 0 Å². The lowest BCUT2D eigenvalue weighted by Crippen LogP contribution is -2.33. The molecule has 0 aliphatic carbocycles. The zero-order chi connectivity index (χ0) is 14.0. The number of fused-ring (bicyclic) bond motifs is 1. The Hall–Kier alpha value is -1.84. The number of nitrogens with one attached hydrogen (secondary N) is 1. The molecule has 2 rings (SSSR count). The van der Waals surface area contributed by atoms with Crippen LogP contribution in [0.25, 0.3) is 0 Å². The maximum atomic E-state index is 11.7. The molecule has 0 saturated carbocycles. The van der Waals surface area contributed by atoms with E-state index >= 15 is 0 Å². The molecule has 0 aromatic heterocycles. The van der Waals surface area contributed by atoms with Crippen LogP contribution in [0.4, 0.5) is 11.4 Å². The number of anilines is 2. The summed E-state index contributed by atoms with van der Waals surface area (Å²) in [5.74, 6) is 0.0452. The first-order valence-corrected chi connectivity index (χ1v) is 6.71. The third kappa shape index (κ3) is 2.95. The summed E-state index contributed by atoms with van der Waals surface area (Å²) in [6.45, 7) is 6.10. The first-order valence-electron chi connectivity index (χ1n) is 6.71. The molecular weight excluding hydrogens is 240 g/mol. The van der Waals surface area contributed by atoms with Crippen LogP contribution < -0.4 is 10.2 Å². The van der Waals surface area contributed by atoms with Gasteiger partial charge in [0.1, 0.15) is 0 Å². The monoisotopic (exact) mass is 260 g/mol. The van der Waals surface area contributed by atoms with Crippen molar-refractivity contribution in [3.05, 3.63) is 23.8 Å². The van der Waals surface area contributed by atoms with Crippen molar-refractivity contribution in [1.82, 2.24) is 0 Å². The minimum atomic E-state index is -0.0373. The van der Waals surface area contributed by atoms with Crippen LogP contribution in [-0.4, -0.2) is 18.4 Å². The zero-order valence-corrected chi connectivity index (χ0v) is 11.7. The molecule has 0 fully saturated rings. The molecule has 0 saturated heterocycles. The van der Waals surface area contributed by atoms with Crippen molar-refractivity contribution in [1.29, 1.82) is 0 Å².